The number of esters is 2. The Morgan fingerprint density at radius 3 is 2.23 bits per heavy atom. The van der Waals surface area contributed by atoms with Crippen molar-refractivity contribution < 1.29 is 27.5 Å². The highest BCUT2D eigenvalue weighted by molar-refractivity contribution is 7.92. The van der Waals surface area contributed by atoms with Crippen molar-refractivity contribution in [1.29, 1.82) is 0 Å². The lowest BCUT2D eigenvalue weighted by molar-refractivity contribution is -0.149. The first kappa shape index (κ1) is 19.5. The Labute approximate surface area is 152 Å². The number of para-hydroxylation sites is 1. The lowest BCUT2D eigenvalue weighted by Gasteiger charge is -2.12. The van der Waals surface area contributed by atoms with Gasteiger partial charge in [0.15, 0.2) is 6.10 Å². The number of anilines is 1. The molecule has 0 fully saturated rings. The molecule has 0 radical (unpaired) electrons. The van der Waals surface area contributed by atoms with E-state index in [1.54, 1.807) is 25.1 Å². The third kappa shape index (κ3) is 4.60. The Bertz CT molecular complexity index is 906. The first-order valence-corrected chi connectivity index (χ1v) is 9.20. The van der Waals surface area contributed by atoms with Gasteiger partial charge in [-0.05, 0) is 49.7 Å². The molecule has 2 rings (SSSR count). The molecule has 26 heavy (non-hydrogen) atoms. The molecule has 0 saturated heterocycles. The first-order valence-electron chi connectivity index (χ1n) is 7.72. The van der Waals surface area contributed by atoms with Crippen LogP contribution < -0.4 is 4.72 Å². The van der Waals surface area contributed by atoms with E-state index in [-0.39, 0.29) is 10.5 Å². The van der Waals surface area contributed by atoms with Gasteiger partial charge in [0.1, 0.15) is 0 Å². The third-order valence-corrected chi connectivity index (χ3v) is 4.99. The highest BCUT2D eigenvalue weighted by Crippen LogP contribution is 2.20. The van der Waals surface area contributed by atoms with Gasteiger partial charge in [-0.25, -0.2) is 18.0 Å². The molecule has 138 valence electrons. The number of ether oxygens (including phenoxy) is 2. The third-order valence-electron chi connectivity index (χ3n) is 3.61. The molecule has 2 aromatic rings. The lowest BCUT2D eigenvalue weighted by atomic mass is 10.2. The van der Waals surface area contributed by atoms with E-state index in [2.05, 4.69) is 9.46 Å². The van der Waals surface area contributed by atoms with Crippen LogP contribution in [0.4, 0.5) is 5.69 Å². The maximum absolute atomic E-state index is 12.5. The van der Waals surface area contributed by atoms with Crippen LogP contribution in [0.5, 0.6) is 0 Å². The number of hydrogen-bond donors (Lipinski definition) is 1. The fourth-order valence-corrected chi connectivity index (χ4v) is 3.23. The number of hydrogen-bond acceptors (Lipinski definition) is 6. The number of carbonyl (C=O) groups is 2. The summed E-state index contributed by atoms with van der Waals surface area (Å²) < 4.78 is 36.8. The number of aryl methyl sites for hydroxylation is 1. The maximum atomic E-state index is 12.5. The van der Waals surface area contributed by atoms with Gasteiger partial charge in [0, 0.05) is 0 Å². The van der Waals surface area contributed by atoms with Crippen molar-refractivity contribution in [1.82, 2.24) is 0 Å². The molecule has 2 aromatic carbocycles. The summed E-state index contributed by atoms with van der Waals surface area (Å²) in [6.45, 7) is 3.17. The Hall–Kier alpha value is -2.87. The Balaban J connectivity index is 2.14. The van der Waals surface area contributed by atoms with E-state index in [0.717, 1.165) is 5.56 Å². The predicted molar refractivity (Wildman–Crippen MR) is 95.3 cm³/mol. The summed E-state index contributed by atoms with van der Waals surface area (Å²) >= 11 is 0. The van der Waals surface area contributed by atoms with Crippen molar-refractivity contribution in [2.24, 2.45) is 0 Å². The van der Waals surface area contributed by atoms with E-state index < -0.39 is 28.1 Å². The molecule has 0 unspecified atom stereocenters. The minimum atomic E-state index is -3.79. The van der Waals surface area contributed by atoms with Gasteiger partial charge in [0.25, 0.3) is 10.0 Å². The Morgan fingerprint density at radius 1 is 1.04 bits per heavy atom. The second kappa shape index (κ2) is 8.01. The standard InChI is InChI=1S/C18H19NO6S/c1-12-6-4-5-7-16(12)19-26(22,23)15-10-8-14(9-11-15)18(21)25-13(2)17(20)24-3/h4-11,13,19H,1-3H3/t13-/m0/s1. The fourth-order valence-electron chi connectivity index (χ4n) is 2.10. The number of sulfonamides is 1. The van der Waals surface area contributed by atoms with Crippen molar-refractivity contribution >= 4 is 27.6 Å². The largest absolute Gasteiger partial charge is 0.466 e. The zero-order valence-electron chi connectivity index (χ0n) is 14.6. The van der Waals surface area contributed by atoms with Gasteiger partial charge in [0.2, 0.25) is 0 Å². The monoisotopic (exact) mass is 377 g/mol. The SMILES string of the molecule is COC(=O)[C@H](C)OC(=O)c1ccc(S(=O)(=O)Nc2ccccc2C)cc1. The quantitative estimate of drug-likeness (QED) is 0.777. The second-order valence-corrected chi connectivity index (χ2v) is 7.20. The van der Waals surface area contributed by atoms with Crippen LogP contribution in [0.2, 0.25) is 0 Å². The molecule has 0 heterocycles. The zero-order chi connectivity index (χ0) is 19.3. The summed E-state index contributed by atoms with van der Waals surface area (Å²) in [5.41, 5.74) is 1.38. The zero-order valence-corrected chi connectivity index (χ0v) is 15.4. The van der Waals surface area contributed by atoms with Crippen molar-refractivity contribution in [3.8, 4) is 0 Å². The Kier molecular flexibility index (Phi) is 5.99. The van der Waals surface area contributed by atoms with Crippen LogP contribution >= 0.6 is 0 Å². The van der Waals surface area contributed by atoms with Gasteiger partial charge < -0.3 is 9.47 Å². The molecule has 0 amide bonds. The fraction of sp³-hybridized carbons (Fsp3) is 0.222. The molecular formula is C18H19NO6S. The number of nitrogens with one attached hydrogen (secondary N) is 1. The summed E-state index contributed by atoms with van der Waals surface area (Å²) in [7, 11) is -2.61. The van der Waals surface area contributed by atoms with Crippen LogP contribution in [-0.2, 0) is 24.3 Å². The van der Waals surface area contributed by atoms with Gasteiger partial charge in [-0.3, -0.25) is 4.72 Å². The van der Waals surface area contributed by atoms with E-state index in [4.69, 9.17) is 4.74 Å². The highest BCUT2D eigenvalue weighted by atomic mass is 32.2. The van der Waals surface area contributed by atoms with Gasteiger partial charge in [-0.15, -0.1) is 0 Å². The molecule has 8 heteroatoms. The molecule has 0 spiro atoms. The van der Waals surface area contributed by atoms with Gasteiger partial charge in [0.05, 0.1) is 23.3 Å². The summed E-state index contributed by atoms with van der Waals surface area (Å²) in [6.07, 6.45) is -1.06. The van der Waals surface area contributed by atoms with E-state index >= 15 is 0 Å². The molecular weight excluding hydrogens is 358 g/mol. The van der Waals surface area contributed by atoms with Gasteiger partial charge in [-0.1, -0.05) is 18.2 Å². The molecule has 1 N–H and O–H groups in total. The van der Waals surface area contributed by atoms with E-state index in [1.165, 1.54) is 38.3 Å². The van der Waals surface area contributed by atoms with Crippen LogP contribution in [0.25, 0.3) is 0 Å². The van der Waals surface area contributed by atoms with Crippen LogP contribution in [-0.4, -0.2) is 33.6 Å². The average molecular weight is 377 g/mol. The molecule has 7 nitrogen and oxygen atoms in total. The molecule has 0 aromatic heterocycles. The van der Waals surface area contributed by atoms with E-state index in [0.29, 0.717) is 5.69 Å². The van der Waals surface area contributed by atoms with E-state index in [1.807, 2.05) is 6.07 Å². The van der Waals surface area contributed by atoms with Crippen LogP contribution in [0, 0.1) is 6.92 Å². The molecule has 0 saturated carbocycles. The minimum Gasteiger partial charge on any atom is -0.466 e. The summed E-state index contributed by atoms with van der Waals surface area (Å²) in [6, 6.07) is 12.2. The lowest BCUT2D eigenvalue weighted by Crippen LogP contribution is -2.25. The molecule has 0 bridgehead atoms. The van der Waals surface area contributed by atoms with E-state index in [9.17, 15) is 18.0 Å². The van der Waals surface area contributed by atoms with Crippen molar-refractivity contribution in [3.05, 3.63) is 59.7 Å². The van der Waals surface area contributed by atoms with Gasteiger partial charge >= 0.3 is 11.9 Å². The predicted octanol–water partition coefficient (Wildman–Crippen LogP) is 2.51. The molecule has 0 aliphatic heterocycles. The minimum absolute atomic E-state index is 0.00156. The number of benzene rings is 2. The normalized spacial score (nSPS) is 12.1. The average Bonchev–Trinajstić information content (AvgIpc) is 2.62. The summed E-state index contributed by atoms with van der Waals surface area (Å²) in [4.78, 5) is 23.3. The van der Waals surface area contributed by atoms with Crippen molar-refractivity contribution in [2.45, 2.75) is 24.8 Å². The maximum Gasteiger partial charge on any atom is 0.346 e. The number of rotatable bonds is 6. The number of carbonyl (C=O) groups excluding carboxylic acids is 2. The smallest absolute Gasteiger partial charge is 0.346 e. The second-order valence-electron chi connectivity index (χ2n) is 5.52. The Morgan fingerprint density at radius 2 is 1.65 bits per heavy atom. The van der Waals surface area contributed by atoms with Gasteiger partial charge in [-0.2, -0.15) is 0 Å². The van der Waals surface area contributed by atoms with Crippen molar-refractivity contribution in [3.63, 3.8) is 0 Å². The van der Waals surface area contributed by atoms with Crippen LogP contribution in [0.3, 0.4) is 0 Å². The van der Waals surface area contributed by atoms with Crippen molar-refractivity contribution in [2.75, 3.05) is 11.8 Å². The van der Waals surface area contributed by atoms with Crippen LogP contribution in [0.15, 0.2) is 53.4 Å². The first-order chi connectivity index (χ1) is 12.2. The summed E-state index contributed by atoms with van der Waals surface area (Å²) in [5.74, 6) is -1.43. The molecule has 0 aliphatic rings. The van der Waals surface area contributed by atoms with Crippen LogP contribution in [0.1, 0.15) is 22.8 Å². The topological polar surface area (TPSA) is 98.8 Å². The highest BCUT2D eigenvalue weighted by Gasteiger charge is 2.20. The molecule has 1 atom stereocenters. The molecule has 0 aliphatic carbocycles. The summed E-state index contributed by atoms with van der Waals surface area (Å²) in [5, 5.41) is 0. The number of methoxy groups -OCH3 is 1.